The molecule has 6 heteroatoms. The van der Waals surface area contributed by atoms with Crippen molar-refractivity contribution in [2.75, 3.05) is 39.8 Å². The molecule has 0 saturated carbocycles. The summed E-state index contributed by atoms with van der Waals surface area (Å²) in [5.41, 5.74) is -0.204. The van der Waals surface area contributed by atoms with Crippen LogP contribution < -0.4 is 5.32 Å². The van der Waals surface area contributed by atoms with E-state index in [0.717, 1.165) is 12.8 Å². The van der Waals surface area contributed by atoms with Crippen LogP contribution in [0.3, 0.4) is 0 Å². The molecule has 0 heterocycles. The Morgan fingerprint density at radius 2 is 1.83 bits per heavy atom. The number of nitrogens with zero attached hydrogens (tertiary/aromatic N) is 1. The van der Waals surface area contributed by atoms with Gasteiger partial charge in [-0.05, 0) is 18.9 Å². The Balaban J connectivity index is 4.59. The molecule has 2 N–H and O–H groups in total. The van der Waals surface area contributed by atoms with Crippen LogP contribution in [0.2, 0.25) is 0 Å². The molecule has 0 bridgehead atoms. The van der Waals surface area contributed by atoms with E-state index in [1.165, 1.54) is 4.90 Å². The van der Waals surface area contributed by atoms with Gasteiger partial charge in [0, 0.05) is 19.6 Å². The molecule has 0 aliphatic carbocycles. The highest BCUT2D eigenvalue weighted by molar-refractivity contribution is 4.81. The zero-order valence-electron chi connectivity index (χ0n) is 11.5. The molecule has 0 rings (SSSR count). The predicted octanol–water partition coefficient (Wildman–Crippen LogP) is 1.87. The lowest BCUT2D eigenvalue weighted by Crippen LogP contribution is -2.45. The fourth-order valence-electron chi connectivity index (χ4n) is 2.40. The van der Waals surface area contributed by atoms with E-state index in [2.05, 4.69) is 5.32 Å². The van der Waals surface area contributed by atoms with Gasteiger partial charge in [0.1, 0.15) is 0 Å². The largest absolute Gasteiger partial charge is 0.401 e. The summed E-state index contributed by atoms with van der Waals surface area (Å²) in [6.45, 7) is 3.85. The lowest BCUT2D eigenvalue weighted by Gasteiger charge is -2.35. The highest BCUT2D eigenvalue weighted by atomic mass is 19.4. The first-order valence-corrected chi connectivity index (χ1v) is 6.31. The van der Waals surface area contributed by atoms with E-state index < -0.39 is 12.7 Å². The topological polar surface area (TPSA) is 35.5 Å². The Hall–Kier alpha value is -0.330. The normalized spacial score (nSPS) is 16.0. The summed E-state index contributed by atoms with van der Waals surface area (Å²) >= 11 is 0. The molecule has 3 nitrogen and oxygen atoms in total. The van der Waals surface area contributed by atoms with E-state index >= 15 is 0 Å². The first-order chi connectivity index (χ1) is 8.26. The monoisotopic (exact) mass is 270 g/mol. The smallest absolute Gasteiger partial charge is 0.395 e. The van der Waals surface area contributed by atoms with Gasteiger partial charge in [-0.1, -0.05) is 20.3 Å². The second kappa shape index (κ2) is 7.96. The lowest BCUT2D eigenvalue weighted by atomic mass is 9.84. The van der Waals surface area contributed by atoms with Crippen LogP contribution in [0.25, 0.3) is 0 Å². The molecule has 0 saturated heterocycles. The first kappa shape index (κ1) is 17.7. The number of hydrogen-bond donors (Lipinski definition) is 2. The Kier molecular flexibility index (Phi) is 7.82. The van der Waals surface area contributed by atoms with Gasteiger partial charge in [0.2, 0.25) is 0 Å². The third kappa shape index (κ3) is 7.89. The molecule has 1 unspecified atom stereocenters. The Morgan fingerprint density at radius 3 is 2.22 bits per heavy atom. The van der Waals surface area contributed by atoms with Crippen LogP contribution in [0.15, 0.2) is 0 Å². The van der Waals surface area contributed by atoms with Gasteiger partial charge in [-0.15, -0.1) is 0 Å². The Bertz CT molecular complexity index is 216. The maximum atomic E-state index is 12.4. The molecule has 1 atom stereocenters. The lowest BCUT2D eigenvalue weighted by molar-refractivity contribution is -0.149. The zero-order chi connectivity index (χ0) is 14.2. The maximum Gasteiger partial charge on any atom is 0.401 e. The Morgan fingerprint density at radius 1 is 1.22 bits per heavy atom. The van der Waals surface area contributed by atoms with Gasteiger partial charge < -0.3 is 10.4 Å². The third-order valence-electron chi connectivity index (χ3n) is 2.88. The van der Waals surface area contributed by atoms with Crippen LogP contribution in [0.5, 0.6) is 0 Å². The highest BCUT2D eigenvalue weighted by Crippen LogP contribution is 2.26. The second-order valence-electron chi connectivity index (χ2n) is 5.14. The standard InChI is InChI=1S/C12H25F3N2O/c1-4-5-11(2,8-16-3)9-17(6-7-18)10-12(13,14)15/h16,18H,4-10H2,1-3H3. The minimum absolute atomic E-state index is 0.0581. The molecule has 18 heavy (non-hydrogen) atoms. The van der Waals surface area contributed by atoms with Gasteiger partial charge in [0.25, 0.3) is 0 Å². The van der Waals surface area contributed by atoms with E-state index in [-0.39, 0.29) is 18.6 Å². The molecule has 0 aromatic rings. The number of nitrogens with one attached hydrogen (secondary N) is 1. The minimum Gasteiger partial charge on any atom is -0.395 e. The van der Waals surface area contributed by atoms with Gasteiger partial charge >= 0.3 is 6.18 Å². The molecular formula is C12H25F3N2O. The van der Waals surface area contributed by atoms with Crippen molar-refractivity contribution < 1.29 is 18.3 Å². The quantitative estimate of drug-likeness (QED) is 0.671. The van der Waals surface area contributed by atoms with Gasteiger partial charge in [0.05, 0.1) is 13.2 Å². The average molecular weight is 270 g/mol. The molecule has 0 aromatic carbocycles. The van der Waals surface area contributed by atoms with Crippen molar-refractivity contribution in [3.63, 3.8) is 0 Å². The van der Waals surface area contributed by atoms with Crippen molar-refractivity contribution in [2.24, 2.45) is 5.41 Å². The number of aliphatic hydroxyl groups is 1. The summed E-state index contributed by atoms with van der Waals surface area (Å²) in [7, 11) is 1.80. The second-order valence-corrected chi connectivity index (χ2v) is 5.14. The molecule has 0 fully saturated rings. The van der Waals surface area contributed by atoms with Crippen molar-refractivity contribution >= 4 is 0 Å². The molecule has 0 aliphatic heterocycles. The van der Waals surface area contributed by atoms with Crippen molar-refractivity contribution in [1.29, 1.82) is 0 Å². The molecular weight excluding hydrogens is 245 g/mol. The van der Waals surface area contributed by atoms with E-state index in [1.54, 1.807) is 7.05 Å². The molecule has 110 valence electrons. The molecule has 0 radical (unpaired) electrons. The summed E-state index contributed by atoms with van der Waals surface area (Å²) < 4.78 is 37.3. The SMILES string of the molecule is CCCC(C)(CNC)CN(CCO)CC(F)(F)F. The number of alkyl halides is 3. The van der Waals surface area contributed by atoms with Gasteiger partial charge in [-0.3, -0.25) is 4.90 Å². The van der Waals surface area contributed by atoms with Gasteiger partial charge in [-0.25, -0.2) is 0 Å². The fraction of sp³-hybridized carbons (Fsp3) is 1.00. The van der Waals surface area contributed by atoms with E-state index in [4.69, 9.17) is 5.11 Å². The average Bonchev–Trinajstić information content (AvgIpc) is 2.15. The van der Waals surface area contributed by atoms with E-state index in [0.29, 0.717) is 13.1 Å². The van der Waals surface area contributed by atoms with Crippen molar-refractivity contribution in [2.45, 2.75) is 32.9 Å². The highest BCUT2D eigenvalue weighted by Gasteiger charge is 2.34. The van der Waals surface area contributed by atoms with Crippen molar-refractivity contribution in [3.8, 4) is 0 Å². The van der Waals surface area contributed by atoms with Crippen LogP contribution in [0.1, 0.15) is 26.7 Å². The maximum absolute atomic E-state index is 12.4. The minimum atomic E-state index is -4.22. The van der Waals surface area contributed by atoms with Gasteiger partial charge in [0.15, 0.2) is 0 Å². The van der Waals surface area contributed by atoms with E-state index in [9.17, 15) is 13.2 Å². The van der Waals surface area contributed by atoms with Crippen molar-refractivity contribution in [3.05, 3.63) is 0 Å². The summed E-state index contributed by atoms with van der Waals surface area (Å²) in [4.78, 5) is 1.28. The van der Waals surface area contributed by atoms with Crippen LogP contribution in [-0.2, 0) is 0 Å². The summed E-state index contributed by atoms with van der Waals surface area (Å²) in [5.74, 6) is 0. The number of hydrogen-bond acceptors (Lipinski definition) is 3. The van der Waals surface area contributed by atoms with Crippen molar-refractivity contribution in [1.82, 2.24) is 10.2 Å². The number of aliphatic hydroxyl groups excluding tert-OH is 1. The van der Waals surface area contributed by atoms with Crippen LogP contribution >= 0.6 is 0 Å². The Labute approximate surface area is 107 Å². The number of rotatable bonds is 9. The zero-order valence-corrected chi connectivity index (χ0v) is 11.5. The summed E-state index contributed by atoms with van der Waals surface area (Å²) in [5, 5.41) is 11.9. The number of halogens is 3. The summed E-state index contributed by atoms with van der Waals surface area (Å²) in [6, 6.07) is 0. The van der Waals surface area contributed by atoms with Crippen LogP contribution in [-0.4, -0.2) is 56.0 Å². The van der Waals surface area contributed by atoms with E-state index in [1.807, 2.05) is 13.8 Å². The molecule has 0 amide bonds. The first-order valence-electron chi connectivity index (χ1n) is 6.31. The van der Waals surface area contributed by atoms with Gasteiger partial charge in [-0.2, -0.15) is 13.2 Å². The third-order valence-corrected chi connectivity index (χ3v) is 2.88. The van der Waals surface area contributed by atoms with Crippen LogP contribution in [0.4, 0.5) is 13.2 Å². The fourth-order valence-corrected chi connectivity index (χ4v) is 2.40. The molecule has 0 spiro atoms. The molecule has 0 aromatic heterocycles. The van der Waals surface area contributed by atoms with Crippen LogP contribution in [0, 0.1) is 5.41 Å². The summed E-state index contributed by atoms with van der Waals surface area (Å²) in [6.07, 6.45) is -2.44. The predicted molar refractivity (Wildman–Crippen MR) is 66.5 cm³/mol. The molecule has 0 aliphatic rings.